The molecule has 3 heteroatoms. The van der Waals surface area contributed by atoms with Crippen LogP contribution in [0.4, 0.5) is 0 Å². The lowest BCUT2D eigenvalue weighted by atomic mass is 10.4. The summed E-state index contributed by atoms with van der Waals surface area (Å²) in [6.45, 7) is 8.00. The lowest BCUT2D eigenvalue weighted by Crippen LogP contribution is -2.08. The van der Waals surface area contributed by atoms with E-state index >= 15 is 0 Å². The normalized spacial score (nSPS) is 9.00. The van der Waals surface area contributed by atoms with Crippen LogP contribution in [0.2, 0.25) is 0 Å². The maximum atomic E-state index is 10.8. The molecule has 0 rings (SSSR count). The van der Waals surface area contributed by atoms with Gasteiger partial charge in [0.2, 0.25) is 0 Å². The van der Waals surface area contributed by atoms with E-state index in [1.807, 2.05) is 0 Å². The van der Waals surface area contributed by atoms with Crippen LogP contribution in [0.5, 0.6) is 0 Å². The molecule has 0 bridgehead atoms. The summed E-state index contributed by atoms with van der Waals surface area (Å²) in [5, 5.41) is 0. The number of rotatable bonds is 7. The van der Waals surface area contributed by atoms with Crippen LogP contribution >= 0.6 is 0 Å². The minimum atomic E-state index is -0.265. The first kappa shape index (κ1) is 10.9. The Labute approximate surface area is 72.7 Å². The van der Waals surface area contributed by atoms with Crippen molar-refractivity contribution in [1.82, 2.24) is 0 Å². The van der Waals surface area contributed by atoms with Crippen LogP contribution in [0.3, 0.4) is 0 Å². The van der Waals surface area contributed by atoms with Crippen LogP contribution < -0.4 is 0 Å². The molecule has 0 heterocycles. The molecule has 0 saturated carbocycles. The molecule has 0 aromatic heterocycles. The summed E-state index contributed by atoms with van der Waals surface area (Å²) in [4.78, 5) is 10.8. The third kappa shape index (κ3) is 7.02. The van der Waals surface area contributed by atoms with Gasteiger partial charge in [-0.3, -0.25) is 4.79 Å². The van der Waals surface area contributed by atoms with Crippen molar-refractivity contribution in [2.75, 3.05) is 19.8 Å². The average Bonchev–Trinajstić information content (AvgIpc) is 2.09. The highest BCUT2D eigenvalue weighted by atomic mass is 16.5. The van der Waals surface area contributed by atoms with Gasteiger partial charge in [-0.1, -0.05) is 18.7 Å². The molecule has 0 spiro atoms. The Morgan fingerprint density at radius 1 is 1.25 bits per heavy atom. The van der Waals surface area contributed by atoms with Crippen molar-refractivity contribution in [3.05, 3.63) is 25.3 Å². The van der Waals surface area contributed by atoms with Gasteiger partial charge in [0.15, 0.2) is 0 Å². The SMILES string of the molecule is C=CCOCCC(=O)OCC=C. The number of ether oxygens (including phenoxy) is 2. The molecular weight excluding hydrogens is 156 g/mol. The molecule has 0 aliphatic carbocycles. The van der Waals surface area contributed by atoms with Crippen molar-refractivity contribution in [3.8, 4) is 0 Å². The lowest BCUT2D eigenvalue weighted by Gasteiger charge is -2.01. The second-order valence-electron chi connectivity index (χ2n) is 2.09. The molecule has 0 unspecified atom stereocenters. The van der Waals surface area contributed by atoms with Gasteiger partial charge in [0, 0.05) is 0 Å². The van der Waals surface area contributed by atoms with Gasteiger partial charge in [-0.2, -0.15) is 0 Å². The molecule has 0 aliphatic heterocycles. The van der Waals surface area contributed by atoms with E-state index in [9.17, 15) is 4.79 Å². The largest absolute Gasteiger partial charge is 0.461 e. The van der Waals surface area contributed by atoms with Crippen molar-refractivity contribution in [2.45, 2.75) is 6.42 Å². The van der Waals surface area contributed by atoms with Crippen LogP contribution in [0.1, 0.15) is 6.42 Å². The molecular formula is C9H14O3. The molecule has 0 saturated heterocycles. The van der Waals surface area contributed by atoms with Gasteiger partial charge >= 0.3 is 5.97 Å². The van der Waals surface area contributed by atoms with Gasteiger partial charge < -0.3 is 9.47 Å². The van der Waals surface area contributed by atoms with Crippen LogP contribution in [-0.4, -0.2) is 25.8 Å². The number of esters is 1. The summed E-state index contributed by atoms with van der Waals surface area (Å²) in [7, 11) is 0. The third-order valence-electron chi connectivity index (χ3n) is 1.05. The van der Waals surface area contributed by atoms with Gasteiger partial charge in [0.1, 0.15) is 6.61 Å². The highest BCUT2D eigenvalue weighted by Gasteiger charge is 1.99. The summed E-state index contributed by atoms with van der Waals surface area (Å²) in [5.41, 5.74) is 0. The van der Waals surface area contributed by atoms with Crippen LogP contribution in [0.15, 0.2) is 25.3 Å². The van der Waals surface area contributed by atoms with Crippen molar-refractivity contribution in [1.29, 1.82) is 0 Å². The molecule has 0 amide bonds. The minimum Gasteiger partial charge on any atom is -0.461 e. The molecule has 68 valence electrons. The smallest absolute Gasteiger partial charge is 0.308 e. The van der Waals surface area contributed by atoms with E-state index in [2.05, 4.69) is 13.2 Å². The number of hydrogen-bond donors (Lipinski definition) is 0. The maximum Gasteiger partial charge on any atom is 0.308 e. The Balaban J connectivity index is 3.19. The summed E-state index contributed by atoms with van der Waals surface area (Å²) in [6.07, 6.45) is 3.44. The molecule has 0 aromatic carbocycles. The van der Waals surface area contributed by atoms with E-state index < -0.39 is 0 Å². The monoisotopic (exact) mass is 170 g/mol. The number of carbonyl (C=O) groups is 1. The zero-order valence-corrected chi connectivity index (χ0v) is 7.12. The second-order valence-corrected chi connectivity index (χ2v) is 2.09. The van der Waals surface area contributed by atoms with Gasteiger partial charge in [-0.15, -0.1) is 6.58 Å². The fourth-order valence-corrected chi connectivity index (χ4v) is 0.546. The maximum absolute atomic E-state index is 10.8. The highest BCUT2D eigenvalue weighted by molar-refractivity contribution is 5.69. The summed E-state index contributed by atoms with van der Waals surface area (Å²) in [6, 6.07) is 0. The standard InChI is InChI=1S/C9H14O3/c1-3-6-11-8-5-9(10)12-7-4-2/h3-4H,1-2,5-8H2. The number of carbonyl (C=O) groups excluding carboxylic acids is 1. The van der Waals surface area contributed by atoms with Gasteiger partial charge in [0.25, 0.3) is 0 Å². The van der Waals surface area contributed by atoms with Gasteiger partial charge in [0.05, 0.1) is 19.6 Å². The van der Waals surface area contributed by atoms with Gasteiger partial charge in [-0.25, -0.2) is 0 Å². The fraction of sp³-hybridized carbons (Fsp3) is 0.444. The predicted octanol–water partition coefficient (Wildman–Crippen LogP) is 1.31. The van der Waals surface area contributed by atoms with E-state index in [4.69, 9.17) is 9.47 Å². The zero-order chi connectivity index (χ0) is 9.23. The van der Waals surface area contributed by atoms with Crippen LogP contribution in [0.25, 0.3) is 0 Å². The molecule has 0 N–H and O–H groups in total. The molecule has 0 aliphatic rings. The lowest BCUT2D eigenvalue weighted by molar-refractivity contribution is -0.143. The Bertz CT molecular complexity index is 152. The number of hydrogen-bond acceptors (Lipinski definition) is 3. The van der Waals surface area contributed by atoms with Crippen molar-refractivity contribution < 1.29 is 14.3 Å². The van der Waals surface area contributed by atoms with E-state index in [0.717, 1.165) is 0 Å². The van der Waals surface area contributed by atoms with Crippen molar-refractivity contribution >= 4 is 5.97 Å². The topological polar surface area (TPSA) is 35.5 Å². The van der Waals surface area contributed by atoms with E-state index in [1.165, 1.54) is 6.08 Å². The van der Waals surface area contributed by atoms with Gasteiger partial charge in [-0.05, 0) is 0 Å². The fourth-order valence-electron chi connectivity index (χ4n) is 0.546. The first-order valence-electron chi connectivity index (χ1n) is 3.76. The molecule has 0 aromatic rings. The first-order valence-corrected chi connectivity index (χ1v) is 3.76. The molecule has 0 atom stereocenters. The Morgan fingerprint density at radius 2 is 1.92 bits per heavy atom. The first-order chi connectivity index (χ1) is 5.81. The van der Waals surface area contributed by atoms with Crippen LogP contribution in [-0.2, 0) is 14.3 Å². The quantitative estimate of drug-likeness (QED) is 0.328. The molecule has 0 fully saturated rings. The molecule has 3 nitrogen and oxygen atoms in total. The van der Waals surface area contributed by atoms with Crippen molar-refractivity contribution in [3.63, 3.8) is 0 Å². The van der Waals surface area contributed by atoms with E-state index in [-0.39, 0.29) is 19.0 Å². The Morgan fingerprint density at radius 3 is 2.50 bits per heavy atom. The molecule has 0 radical (unpaired) electrons. The van der Waals surface area contributed by atoms with E-state index in [1.54, 1.807) is 6.08 Å². The second kappa shape index (κ2) is 8.01. The summed E-state index contributed by atoms with van der Waals surface area (Å²) in [5.74, 6) is -0.265. The predicted molar refractivity (Wildman–Crippen MR) is 46.8 cm³/mol. The highest BCUT2D eigenvalue weighted by Crippen LogP contribution is 1.88. The Kier molecular flexibility index (Phi) is 7.28. The average molecular weight is 170 g/mol. The van der Waals surface area contributed by atoms with Crippen LogP contribution in [0, 0.1) is 0 Å². The molecule has 12 heavy (non-hydrogen) atoms. The van der Waals surface area contributed by atoms with E-state index in [0.29, 0.717) is 13.2 Å². The Hall–Kier alpha value is -1.09. The summed E-state index contributed by atoms with van der Waals surface area (Å²) < 4.78 is 9.70. The zero-order valence-electron chi connectivity index (χ0n) is 7.12. The van der Waals surface area contributed by atoms with Crippen molar-refractivity contribution in [2.24, 2.45) is 0 Å². The minimum absolute atomic E-state index is 0.264. The third-order valence-corrected chi connectivity index (χ3v) is 1.05. The summed E-state index contributed by atoms with van der Waals surface area (Å²) >= 11 is 0.